The van der Waals surface area contributed by atoms with E-state index in [4.69, 9.17) is 9.97 Å². The number of rotatable bonds is 3. The third-order valence-electron chi connectivity index (χ3n) is 5.25. The number of hydrogen-bond donors (Lipinski definition) is 0. The van der Waals surface area contributed by atoms with Gasteiger partial charge < -0.3 is 4.40 Å². The second-order valence-corrected chi connectivity index (χ2v) is 7.07. The smallest absolute Gasteiger partial charge is 0.177 e. The second kappa shape index (κ2) is 5.33. The van der Waals surface area contributed by atoms with E-state index in [1.165, 1.54) is 6.20 Å². The number of aromatic nitrogens is 6. The van der Waals surface area contributed by atoms with Crippen molar-refractivity contribution < 1.29 is 4.39 Å². The molecule has 1 fully saturated rings. The van der Waals surface area contributed by atoms with Crippen LogP contribution in [-0.4, -0.2) is 29.0 Å². The van der Waals surface area contributed by atoms with Crippen molar-refractivity contribution in [3.8, 4) is 0 Å². The van der Waals surface area contributed by atoms with Gasteiger partial charge in [-0.05, 0) is 38.3 Å². The zero-order valence-corrected chi connectivity index (χ0v) is 14.9. The Hall–Kier alpha value is -2.83. The number of halogens is 1. The topological polar surface area (TPSA) is 60.4 Å². The summed E-state index contributed by atoms with van der Waals surface area (Å²) in [6, 6.07) is 1.83. The average molecular weight is 350 g/mol. The molecule has 4 aromatic rings. The quantitative estimate of drug-likeness (QED) is 0.568. The lowest BCUT2D eigenvalue weighted by atomic mass is 10.2. The number of imidazole rings is 1. The van der Waals surface area contributed by atoms with E-state index >= 15 is 0 Å². The molecule has 7 heteroatoms. The van der Waals surface area contributed by atoms with Crippen LogP contribution >= 0.6 is 0 Å². The molecule has 1 aliphatic rings. The molecular formula is C19H19FN6. The van der Waals surface area contributed by atoms with Gasteiger partial charge in [0.05, 0.1) is 17.1 Å². The molecule has 0 spiro atoms. The highest BCUT2D eigenvalue weighted by molar-refractivity contribution is 5.47. The summed E-state index contributed by atoms with van der Waals surface area (Å²) < 4.78 is 17.6. The van der Waals surface area contributed by atoms with Crippen LogP contribution in [0.15, 0.2) is 24.7 Å². The van der Waals surface area contributed by atoms with Gasteiger partial charge in [-0.1, -0.05) is 6.92 Å². The summed E-state index contributed by atoms with van der Waals surface area (Å²) in [6.07, 6.45) is 6.89. The summed E-state index contributed by atoms with van der Waals surface area (Å²) in [5.41, 5.74) is 5.13. The number of aryl methyl sites for hydroxylation is 3. The summed E-state index contributed by atoms with van der Waals surface area (Å²) in [5, 5.41) is 4.68. The summed E-state index contributed by atoms with van der Waals surface area (Å²) in [7, 11) is 0. The van der Waals surface area contributed by atoms with Gasteiger partial charge >= 0.3 is 0 Å². The lowest BCUT2D eigenvalue weighted by molar-refractivity contribution is 0.603. The molecular weight excluding hydrogens is 331 g/mol. The van der Waals surface area contributed by atoms with Gasteiger partial charge in [-0.15, -0.1) is 0 Å². The van der Waals surface area contributed by atoms with E-state index in [0.29, 0.717) is 12.0 Å². The number of nitrogens with zero attached hydrogens (tertiary/aromatic N) is 6. The minimum absolute atomic E-state index is 0.184. The largest absolute Gasteiger partial charge is 0.304 e. The zero-order valence-electron chi connectivity index (χ0n) is 14.9. The molecule has 1 saturated carbocycles. The number of fused-ring (bicyclic) bond motifs is 2. The molecule has 1 aliphatic carbocycles. The first kappa shape index (κ1) is 15.4. The third-order valence-corrected chi connectivity index (χ3v) is 5.25. The fourth-order valence-electron chi connectivity index (χ4n) is 3.59. The predicted octanol–water partition coefficient (Wildman–Crippen LogP) is 3.36. The molecule has 2 atom stereocenters. The first-order chi connectivity index (χ1) is 12.5. The molecule has 0 saturated heterocycles. The minimum Gasteiger partial charge on any atom is -0.304 e. The summed E-state index contributed by atoms with van der Waals surface area (Å²) >= 11 is 0. The molecule has 0 aliphatic heterocycles. The van der Waals surface area contributed by atoms with Crippen molar-refractivity contribution in [3.05, 3.63) is 58.9 Å². The van der Waals surface area contributed by atoms with Crippen molar-refractivity contribution in [1.29, 1.82) is 0 Å². The van der Waals surface area contributed by atoms with Gasteiger partial charge in [0.15, 0.2) is 11.5 Å². The molecule has 0 radical (unpaired) electrons. The Bertz CT molecular complexity index is 1120. The van der Waals surface area contributed by atoms with Crippen LogP contribution in [-0.2, 0) is 6.42 Å². The van der Waals surface area contributed by atoms with Crippen molar-refractivity contribution in [3.63, 3.8) is 0 Å². The predicted molar refractivity (Wildman–Crippen MR) is 94.9 cm³/mol. The number of pyridine rings is 1. The van der Waals surface area contributed by atoms with Crippen molar-refractivity contribution in [2.75, 3.05) is 0 Å². The Morgan fingerprint density at radius 2 is 2.04 bits per heavy atom. The minimum atomic E-state index is -0.184. The van der Waals surface area contributed by atoms with E-state index in [-0.39, 0.29) is 17.7 Å². The van der Waals surface area contributed by atoms with Crippen LogP contribution in [0.5, 0.6) is 0 Å². The van der Waals surface area contributed by atoms with Gasteiger partial charge in [0, 0.05) is 30.4 Å². The highest BCUT2D eigenvalue weighted by atomic mass is 19.1. The Morgan fingerprint density at radius 1 is 1.19 bits per heavy atom. The van der Waals surface area contributed by atoms with Crippen molar-refractivity contribution in [2.45, 2.75) is 45.4 Å². The highest BCUT2D eigenvalue weighted by Gasteiger charge is 2.44. The van der Waals surface area contributed by atoms with Gasteiger partial charge in [-0.2, -0.15) is 5.10 Å². The Morgan fingerprint density at radius 3 is 2.81 bits per heavy atom. The molecule has 0 N–H and O–H groups in total. The maximum atomic E-state index is 14.0. The third kappa shape index (κ3) is 2.23. The zero-order chi connectivity index (χ0) is 18.0. The van der Waals surface area contributed by atoms with Gasteiger partial charge in [0.1, 0.15) is 11.5 Å². The first-order valence-corrected chi connectivity index (χ1v) is 8.91. The molecule has 132 valence electrons. The van der Waals surface area contributed by atoms with Crippen LogP contribution in [0.2, 0.25) is 0 Å². The summed E-state index contributed by atoms with van der Waals surface area (Å²) in [6.45, 7) is 5.87. The molecule has 0 aromatic carbocycles. The van der Waals surface area contributed by atoms with Crippen molar-refractivity contribution in [2.24, 2.45) is 0 Å². The first-order valence-electron chi connectivity index (χ1n) is 8.91. The number of hydrogen-bond acceptors (Lipinski definition) is 4. The Balaban J connectivity index is 1.50. The molecule has 4 aromatic heterocycles. The van der Waals surface area contributed by atoms with Crippen LogP contribution in [0.1, 0.15) is 53.7 Å². The Kier molecular flexibility index (Phi) is 3.16. The van der Waals surface area contributed by atoms with Gasteiger partial charge in [0.2, 0.25) is 0 Å². The van der Waals surface area contributed by atoms with Gasteiger partial charge in [0.25, 0.3) is 0 Å². The van der Waals surface area contributed by atoms with E-state index < -0.39 is 0 Å². The standard InChI is InChI=1S/C19H19FN6/c1-4-12-5-17-22-16(9-25(17)8-15(12)20)13-6-14(13)18-23-19-11(3)21-7-10(2)26(19)24-18/h5,7-9,13-14H,4,6H2,1-3H3. The average Bonchev–Trinajstić information content (AvgIpc) is 3.11. The normalized spacial score (nSPS) is 19.5. The van der Waals surface area contributed by atoms with Crippen LogP contribution < -0.4 is 0 Å². The lowest BCUT2D eigenvalue weighted by Crippen LogP contribution is -1.97. The summed E-state index contributed by atoms with van der Waals surface area (Å²) in [4.78, 5) is 13.8. The van der Waals surface area contributed by atoms with Gasteiger partial charge in [-0.25, -0.2) is 18.9 Å². The maximum Gasteiger partial charge on any atom is 0.177 e. The maximum absolute atomic E-state index is 14.0. The fourth-order valence-corrected chi connectivity index (χ4v) is 3.59. The molecule has 0 bridgehead atoms. The molecule has 4 heterocycles. The van der Waals surface area contributed by atoms with Crippen molar-refractivity contribution in [1.82, 2.24) is 29.0 Å². The van der Waals surface area contributed by atoms with Crippen LogP contribution in [0, 0.1) is 19.7 Å². The SMILES string of the molecule is CCc1cc2nc(C3CC3c3nc4c(C)ncc(C)n4n3)cn2cc1F. The summed E-state index contributed by atoms with van der Waals surface area (Å²) in [5.74, 6) is 1.20. The molecule has 26 heavy (non-hydrogen) atoms. The van der Waals surface area contributed by atoms with E-state index in [0.717, 1.165) is 40.6 Å². The van der Waals surface area contributed by atoms with Gasteiger partial charge in [-0.3, -0.25) is 4.98 Å². The van der Waals surface area contributed by atoms with E-state index in [1.54, 1.807) is 4.40 Å². The monoisotopic (exact) mass is 350 g/mol. The molecule has 6 nitrogen and oxygen atoms in total. The van der Waals surface area contributed by atoms with E-state index in [1.807, 2.05) is 43.7 Å². The fraction of sp³-hybridized carbons (Fsp3) is 0.368. The van der Waals surface area contributed by atoms with Crippen LogP contribution in [0.25, 0.3) is 11.3 Å². The van der Waals surface area contributed by atoms with E-state index in [2.05, 4.69) is 10.1 Å². The second-order valence-electron chi connectivity index (χ2n) is 7.07. The molecule has 0 amide bonds. The highest BCUT2D eigenvalue weighted by Crippen LogP contribution is 2.53. The van der Waals surface area contributed by atoms with E-state index in [9.17, 15) is 4.39 Å². The molecule has 2 unspecified atom stereocenters. The molecule has 5 rings (SSSR count). The van der Waals surface area contributed by atoms with Crippen LogP contribution in [0.3, 0.4) is 0 Å². The lowest BCUT2D eigenvalue weighted by Gasteiger charge is -1.99. The van der Waals surface area contributed by atoms with Crippen LogP contribution in [0.4, 0.5) is 4.39 Å². The van der Waals surface area contributed by atoms with Crippen molar-refractivity contribution >= 4 is 11.3 Å². The Labute approximate surface area is 149 Å².